The van der Waals surface area contributed by atoms with Crippen LogP contribution >= 0.6 is 23.8 Å². The average molecular weight is 292 g/mol. The van der Waals surface area contributed by atoms with Crippen molar-refractivity contribution in [2.24, 2.45) is 5.73 Å². The molecular formula is C14H14ClN3S. The first-order valence-corrected chi connectivity index (χ1v) is 6.63. The molecule has 0 saturated carbocycles. The lowest BCUT2D eigenvalue weighted by Crippen LogP contribution is -2.12. The third-order valence-corrected chi connectivity index (χ3v) is 3.36. The van der Waals surface area contributed by atoms with Gasteiger partial charge in [0.25, 0.3) is 0 Å². The SMILES string of the molecule is CC(Nc1cc(C(N)=S)ccn1)c1ccccc1Cl. The first kappa shape index (κ1) is 13.8. The van der Waals surface area contributed by atoms with Gasteiger partial charge in [0.05, 0.1) is 6.04 Å². The fourth-order valence-corrected chi connectivity index (χ4v) is 2.21. The minimum absolute atomic E-state index is 0.0443. The minimum atomic E-state index is 0.0443. The van der Waals surface area contributed by atoms with Gasteiger partial charge < -0.3 is 11.1 Å². The number of rotatable bonds is 4. The van der Waals surface area contributed by atoms with Gasteiger partial charge in [0.2, 0.25) is 0 Å². The van der Waals surface area contributed by atoms with Crippen molar-refractivity contribution in [3.8, 4) is 0 Å². The second-order valence-corrected chi connectivity index (χ2v) is 5.03. The fraction of sp³-hybridized carbons (Fsp3) is 0.143. The quantitative estimate of drug-likeness (QED) is 0.846. The molecule has 0 fully saturated rings. The summed E-state index contributed by atoms with van der Waals surface area (Å²) in [5, 5.41) is 4.01. The first-order chi connectivity index (χ1) is 9.08. The van der Waals surface area contributed by atoms with E-state index in [9.17, 15) is 0 Å². The van der Waals surface area contributed by atoms with Crippen LogP contribution in [-0.2, 0) is 0 Å². The van der Waals surface area contributed by atoms with E-state index in [1.807, 2.05) is 37.3 Å². The van der Waals surface area contributed by atoms with Gasteiger partial charge >= 0.3 is 0 Å². The number of nitrogens with zero attached hydrogens (tertiary/aromatic N) is 1. The predicted molar refractivity (Wildman–Crippen MR) is 83.6 cm³/mol. The molecule has 98 valence electrons. The second kappa shape index (κ2) is 5.99. The lowest BCUT2D eigenvalue weighted by molar-refractivity contribution is 0.875. The fourth-order valence-electron chi connectivity index (χ4n) is 1.79. The Labute approximate surface area is 122 Å². The summed E-state index contributed by atoms with van der Waals surface area (Å²) >= 11 is 11.1. The Balaban J connectivity index is 2.19. The van der Waals surface area contributed by atoms with Crippen LogP contribution < -0.4 is 11.1 Å². The van der Waals surface area contributed by atoms with E-state index in [1.54, 1.807) is 12.3 Å². The van der Waals surface area contributed by atoms with Crippen LogP contribution in [0.25, 0.3) is 0 Å². The maximum absolute atomic E-state index is 6.17. The summed E-state index contributed by atoms with van der Waals surface area (Å²) in [7, 11) is 0. The van der Waals surface area contributed by atoms with E-state index < -0.39 is 0 Å². The summed E-state index contributed by atoms with van der Waals surface area (Å²) in [5.74, 6) is 0.720. The van der Waals surface area contributed by atoms with Gasteiger partial charge in [-0.25, -0.2) is 4.98 Å². The van der Waals surface area contributed by atoms with Crippen molar-refractivity contribution in [2.75, 3.05) is 5.32 Å². The smallest absolute Gasteiger partial charge is 0.127 e. The lowest BCUT2D eigenvalue weighted by atomic mass is 10.1. The Kier molecular flexibility index (Phi) is 4.35. The molecule has 0 bridgehead atoms. The number of hydrogen-bond donors (Lipinski definition) is 2. The highest BCUT2D eigenvalue weighted by atomic mass is 35.5. The molecule has 0 radical (unpaired) electrons. The van der Waals surface area contributed by atoms with E-state index in [4.69, 9.17) is 29.6 Å². The molecule has 5 heteroatoms. The van der Waals surface area contributed by atoms with Crippen LogP contribution in [0.5, 0.6) is 0 Å². The predicted octanol–water partition coefficient (Wildman–Crippen LogP) is 3.54. The molecular weight excluding hydrogens is 278 g/mol. The Hall–Kier alpha value is -1.65. The van der Waals surface area contributed by atoms with Gasteiger partial charge in [-0.1, -0.05) is 42.0 Å². The number of nitrogens with two attached hydrogens (primary N) is 1. The molecule has 0 spiro atoms. The zero-order valence-electron chi connectivity index (χ0n) is 10.4. The summed E-state index contributed by atoms with van der Waals surface area (Å²) in [6.07, 6.45) is 1.68. The van der Waals surface area contributed by atoms with Crippen molar-refractivity contribution in [2.45, 2.75) is 13.0 Å². The molecule has 1 aromatic carbocycles. The monoisotopic (exact) mass is 291 g/mol. The van der Waals surface area contributed by atoms with Gasteiger partial charge in [-0.2, -0.15) is 0 Å². The summed E-state index contributed by atoms with van der Waals surface area (Å²) in [4.78, 5) is 4.60. The van der Waals surface area contributed by atoms with Gasteiger partial charge in [0.1, 0.15) is 10.8 Å². The Morgan fingerprint density at radius 1 is 1.37 bits per heavy atom. The molecule has 0 aliphatic carbocycles. The zero-order valence-corrected chi connectivity index (χ0v) is 12.0. The van der Waals surface area contributed by atoms with E-state index in [-0.39, 0.29) is 6.04 Å². The van der Waals surface area contributed by atoms with Crippen molar-refractivity contribution in [3.05, 3.63) is 58.7 Å². The molecule has 0 amide bonds. The normalized spacial score (nSPS) is 11.9. The van der Waals surface area contributed by atoms with Crippen molar-refractivity contribution in [3.63, 3.8) is 0 Å². The summed E-state index contributed by atoms with van der Waals surface area (Å²) < 4.78 is 0. The lowest BCUT2D eigenvalue weighted by Gasteiger charge is -2.16. The third kappa shape index (κ3) is 3.43. The number of benzene rings is 1. The van der Waals surface area contributed by atoms with Crippen LogP contribution in [-0.4, -0.2) is 9.97 Å². The average Bonchev–Trinajstić information content (AvgIpc) is 2.39. The topological polar surface area (TPSA) is 50.9 Å². The molecule has 19 heavy (non-hydrogen) atoms. The summed E-state index contributed by atoms with van der Waals surface area (Å²) in [6, 6.07) is 11.4. The highest BCUT2D eigenvalue weighted by molar-refractivity contribution is 7.80. The van der Waals surface area contributed by atoms with Gasteiger partial charge in [0, 0.05) is 16.8 Å². The highest BCUT2D eigenvalue weighted by Crippen LogP contribution is 2.25. The maximum Gasteiger partial charge on any atom is 0.127 e. The standard InChI is InChI=1S/C14H14ClN3S/c1-9(11-4-2-3-5-12(11)15)18-13-8-10(14(16)19)6-7-17-13/h2-9H,1H3,(H2,16,19)(H,17,18). The van der Waals surface area contributed by atoms with Crippen molar-refractivity contribution < 1.29 is 0 Å². The van der Waals surface area contributed by atoms with E-state index >= 15 is 0 Å². The molecule has 0 saturated heterocycles. The van der Waals surface area contributed by atoms with Crippen LogP contribution in [0.15, 0.2) is 42.6 Å². The van der Waals surface area contributed by atoms with Crippen LogP contribution in [0.1, 0.15) is 24.1 Å². The number of anilines is 1. The number of aromatic nitrogens is 1. The Bertz CT molecular complexity index is 601. The van der Waals surface area contributed by atoms with E-state index in [0.29, 0.717) is 4.99 Å². The minimum Gasteiger partial charge on any atom is -0.389 e. The maximum atomic E-state index is 6.17. The Morgan fingerprint density at radius 3 is 2.79 bits per heavy atom. The van der Waals surface area contributed by atoms with Gasteiger partial charge in [0.15, 0.2) is 0 Å². The van der Waals surface area contributed by atoms with Crippen LogP contribution in [0.4, 0.5) is 5.82 Å². The first-order valence-electron chi connectivity index (χ1n) is 5.84. The number of halogens is 1. The van der Waals surface area contributed by atoms with E-state index in [2.05, 4.69) is 10.3 Å². The van der Waals surface area contributed by atoms with Crippen molar-refractivity contribution in [1.82, 2.24) is 4.98 Å². The number of pyridine rings is 1. The Morgan fingerprint density at radius 2 is 2.11 bits per heavy atom. The molecule has 0 aliphatic heterocycles. The molecule has 1 atom stereocenters. The largest absolute Gasteiger partial charge is 0.389 e. The summed E-state index contributed by atoms with van der Waals surface area (Å²) in [5.41, 5.74) is 7.41. The van der Waals surface area contributed by atoms with Crippen molar-refractivity contribution in [1.29, 1.82) is 0 Å². The molecule has 3 nitrogen and oxygen atoms in total. The molecule has 2 rings (SSSR count). The molecule has 3 N–H and O–H groups in total. The molecule has 0 aliphatic rings. The molecule has 2 aromatic rings. The van der Waals surface area contributed by atoms with Gasteiger partial charge in [-0.05, 0) is 30.7 Å². The summed E-state index contributed by atoms with van der Waals surface area (Å²) in [6.45, 7) is 2.02. The third-order valence-electron chi connectivity index (χ3n) is 2.78. The number of hydrogen-bond acceptors (Lipinski definition) is 3. The van der Waals surface area contributed by atoms with Crippen LogP contribution in [0.2, 0.25) is 5.02 Å². The van der Waals surface area contributed by atoms with Gasteiger partial charge in [-0.3, -0.25) is 0 Å². The molecule has 1 unspecified atom stereocenters. The molecule has 1 aromatic heterocycles. The van der Waals surface area contributed by atoms with E-state index in [1.165, 1.54) is 0 Å². The second-order valence-electron chi connectivity index (χ2n) is 4.18. The highest BCUT2D eigenvalue weighted by Gasteiger charge is 2.09. The van der Waals surface area contributed by atoms with Crippen molar-refractivity contribution >= 4 is 34.6 Å². The van der Waals surface area contributed by atoms with E-state index in [0.717, 1.165) is 22.0 Å². The molecule has 1 heterocycles. The van der Waals surface area contributed by atoms with Gasteiger partial charge in [-0.15, -0.1) is 0 Å². The van der Waals surface area contributed by atoms with Crippen LogP contribution in [0.3, 0.4) is 0 Å². The zero-order chi connectivity index (χ0) is 13.8. The number of thiocarbonyl (C=S) groups is 1. The number of nitrogens with one attached hydrogen (secondary N) is 1. The van der Waals surface area contributed by atoms with Crippen LogP contribution in [0, 0.1) is 0 Å².